The van der Waals surface area contributed by atoms with E-state index in [1.165, 1.54) is 10.5 Å². The Morgan fingerprint density at radius 2 is 1.67 bits per heavy atom. The highest BCUT2D eigenvalue weighted by atomic mass is 16.5. The number of para-hydroxylation sites is 1. The topological polar surface area (TPSA) is 66.8 Å². The number of carboxylic acids is 1. The molecule has 3 rings (SSSR count). The number of hydrogen-bond acceptors (Lipinski definition) is 3. The van der Waals surface area contributed by atoms with Gasteiger partial charge in [-0.05, 0) is 42.2 Å². The average molecular weight is 403 g/mol. The zero-order chi connectivity index (χ0) is 21.3. The van der Waals surface area contributed by atoms with Crippen LogP contribution in [0.3, 0.4) is 0 Å². The molecule has 5 nitrogen and oxygen atoms in total. The molecule has 1 N–H and O–H groups in total. The van der Waals surface area contributed by atoms with Crippen LogP contribution < -0.4 is 4.74 Å². The number of amides is 1. The van der Waals surface area contributed by atoms with E-state index >= 15 is 0 Å². The lowest BCUT2D eigenvalue weighted by Crippen LogP contribution is -2.36. The molecular weight excluding hydrogens is 378 g/mol. The van der Waals surface area contributed by atoms with Crippen LogP contribution in [0.2, 0.25) is 0 Å². The van der Waals surface area contributed by atoms with Crippen LogP contribution >= 0.6 is 0 Å². The maximum absolute atomic E-state index is 13.1. The fourth-order valence-corrected chi connectivity index (χ4v) is 3.42. The summed E-state index contributed by atoms with van der Waals surface area (Å²) in [5, 5.41) is 9.29. The van der Waals surface area contributed by atoms with Gasteiger partial charge < -0.3 is 14.7 Å². The van der Waals surface area contributed by atoms with Gasteiger partial charge in [0, 0.05) is 17.7 Å². The molecule has 3 aromatic carbocycles. The number of methoxy groups -OCH3 is 1. The molecule has 1 amide bonds. The number of ether oxygens (including phenoxy) is 1. The fraction of sp³-hybridized carbons (Fsp3) is 0.200. The first-order chi connectivity index (χ1) is 14.6. The van der Waals surface area contributed by atoms with E-state index in [0.717, 1.165) is 17.5 Å². The van der Waals surface area contributed by atoms with Crippen molar-refractivity contribution < 1.29 is 19.4 Å². The van der Waals surface area contributed by atoms with Crippen molar-refractivity contribution in [3.05, 3.63) is 90.0 Å². The number of rotatable bonds is 9. The minimum Gasteiger partial charge on any atom is -0.496 e. The van der Waals surface area contributed by atoms with Crippen LogP contribution in [0.25, 0.3) is 11.1 Å². The molecule has 0 bridgehead atoms. The van der Waals surface area contributed by atoms with E-state index in [1.807, 2.05) is 60.7 Å². The lowest BCUT2D eigenvalue weighted by atomic mass is 10.0. The molecule has 0 heterocycles. The van der Waals surface area contributed by atoms with Crippen LogP contribution in [0.1, 0.15) is 22.3 Å². The Kier molecular flexibility index (Phi) is 7.22. The van der Waals surface area contributed by atoms with Gasteiger partial charge in [-0.25, -0.2) is 0 Å². The number of carbonyl (C=O) groups excluding carboxylic acids is 1. The molecular formula is C25H25NO4. The summed E-state index contributed by atoms with van der Waals surface area (Å²) in [5.74, 6) is -0.599. The van der Waals surface area contributed by atoms with Gasteiger partial charge in [-0.15, -0.1) is 0 Å². The lowest BCUT2D eigenvalue weighted by molar-refractivity contribution is -0.137. The van der Waals surface area contributed by atoms with E-state index in [1.54, 1.807) is 25.3 Å². The SMILES string of the molecule is COc1ccccc1-c1cccc(C(=O)N(CCCc2ccccc2)CC(=O)O)c1. The highest BCUT2D eigenvalue weighted by molar-refractivity contribution is 5.97. The van der Waals surface area contributed by atoms with E-state index in [2.05, 4.69) is 0 Å². The lowest BCUT2D eigenvalue weighted by Gasteiger charge is -2.21. The molecule has 154 valence electrons. The summed E-state index contributed by atoms with van der Waals surface area (Å²) in [6.45, 7) is 0.0470. The van der Waals surface area contributed by atoms with Crippen LogP contribution in [0, 0.1) is 0 Å². The normalized spacial score (nSPS) is 10.4. The summed E-state index contributed by atoms with van der Waals surface area (Å²) in [7, 11) is 1.61. The molecule has 30 heavy (non-hydrogen) atoms. The monoisotopic (exact) mass is 403 g/mol. The Labute approximate surface area is 176 Å². The summed E-state index contributed by atoms with van der Waals surface area (Å²) < 4.78 is 5.42. The molecule has 0 aliphatic rings. The van der Waals surface area contributed by atoms with Gasteiger partial charge in [0.15, 0.2) is 0 Å². The molecule has 0 radical (unpaired) electrons. The van der Waals surface area contributed by atoms with Crippen molar-refractivity contribution in [2.45, 2.75) is 12.8 Å². The van der Waals surface area contributed by atoms with Gasteiger partial charge in [0.2, 0.25) is 0 Å². The molecule has 0 aliphatic heterocycles. The van der Waals surface area contributed by atoms with Gasteiger partial charge in [-0.3, -0.25) is 9.59 Å². The number of carbonyl (C=O) groups is 2. The molecule has 0 atom stereocenters. The second-order valence-electron chi connectivity index (χ2n) is 6.99. The molecule has 0 fully saturated rings. The van der Waals surface area contributed by atoms with E-state index in [4.69, 9.17) is 4.74 Å². The van der Waals surface area contributed by atoms with Crippen molar-refractivity contribution in [2.24, 2.45) is 0 Å². The van der Waals surface area contributed by atoms with Crippen molar-refractivity contribution in [3.8, 4) is 16.9 Å². The number of nitrogens with zero attached hydrogens (tertiary/aromatic N) is 1. The maximum atomic E-state index is 13.1. The highest BCUT2D eigenvalue weighted by Gasteiger charge is 2.19. The van der Waals surface area contributed by atoms with Gasteiger partial charge in [-0.1, -0.05) is 60.7 Å². The maximum Gasteiger partial charge on any atom is 0.323 e. The van der Waals surface area contributed by atoms with Crippen molar-refractivity contribution in [1.29, 1.82) is 0 Å². The first-order valence-electron chi connectivity index (χ1n) is 9.87. The summed E-state index contributed by atoms with van der Waals surface area (Å²) in [6, 6.07) is 24.8. The number of aryl methyl sites for hydroxylation is 1. The molecule has 0 unspecified atom stereocenters. The standard InChI is InChI=1S/C25H25NO4/c1-30-23-15-6-5-14-22(23)20-12-7-13-21(17-20)25(29)26(18-24(27)28)16-8-11-19-9-3-2-4-10-19/h2-7,9-10,12-15,17H,8,11,16,18H2,1H3,(H,27,28). The van der Waals surface area contributed by atoms with E-state index in [0.29, 0.717) is 24.3 Å². The molecule has 5 heteroatoms. The van der Waals surface area contributed by atoms with Gasteiger partial charge in [0.25, 0.3) is 5.91 Å². The van der Waals surface area contributed by atoms with Crippen LogP contribution in [0.15, 0.2) is 78.9 Å². The molecule has 0 saturated carbocycles. The Morgan fingerprint density at radius 1 is 0.933 bits per heavy atom. The molecule has 3 aromatic rings. The fourth-order valence-electron chi connectivity index (χ4n) is 3.42. The number of aliphatic carboxylic acids is 1. The molecule has 0 aromatic heterocycles. The van der Waals surface area contributed by atoms with Crippen molar-refractivity contribution in [3.63, 3.8) is 0 Å². The van der Waals surface area contributed by atoms with Crippen LogP contribution in [0.5, 0.6) is 5.75 Å². The van der Waals surface area contributed by atoms with Gasteiger partial charge in [0.1, 0.15) is 12.3 Å². The Balaban J connectivity index is 1.77. The minimum atomic E-state index is -1.02. The zero-order valence-corrected chi connectivity index (χ0v) is 17.0. The Hall–Kier alpha value is -3.60. The highest BCUT2D eigenvalue weighted by Crippen LogP contribution is 2.30. The van der Waals surface area contributed by atoms with Gasteiger partial charge in [0.05, 0.1) is 7.11 Å². The second-order valence-corrected chi connectivity index (χ2v) is 6.99. The largest absolute Gasteiger partial charge is 0.496 e. The first-order valence-corrected chi connectivity index (χ1v) is 9.87. The average Bonchev–Trinajstić information content (AvgIpc) is 2.78. The third kappa shape index (κ3) is 5.47. The summed E-state index contributed by atoms with van der Waals surface area (Å²) in [4.78, 5) is 25.8. The van der Waals surface area contributed by atoms with Crippen molar-refractivity contribution in [2.75, 3.05) is 20.2 Å². The Morgan fingerprint density at radius 3 is 2.40 bits per heavy atom. The Bertz CT molecular complexity index is 1000. The third-order valence-electron chi connectivity index (χ3n) is 4.88. The zero-order valence-electron chi connectivity index (χ0n) is 17.0. The number of benzene rings is 3. The predicted molar refractivity (Wildman–Crippen MR) is 117 cm³/mol. The van der Waals surface area contributed by atoms with Crippen LogP contribution in [-0.4, -0.2) is 42.1 Å². The molecule has 0 saturated heterocycles. The van der Waals surface area contributed by atoms with E-state index < -0.39 is 5.97 Å². The van der Waals surface area contributed by atoms with Gasteiger partial charge in [-0.2, -0.15) is 0 Å². The van der Waals surface area contributed by atoms with Gasteiger partial charge >= 0.3 is 5.97 Å². The van der Waals surface area contributed by atoms with Crippen molar-refractivity contribution in [1.82, 2.24) is 4.90 Å². The predicted octanol–water partition coefficient (Wildman–Crippen LogP) is 4.52. The summed E-state index contributed by atoms with van der Waals surface area (Å²) >= 11 is 0. The minimum absolute atomic E-state index is 0.290. The first kappa shape index (κ1) is 21.1. The second kappa shape index (κ2) is 10.3. The van der Waals surface area contributed by atoms with Crippen molar-refractivity contribution >= 4 is 11.9 Å². The third-order valence-corrected chi connectivity index (χ3v) is 4.88. The van der Waals surface area contributed by atoms with Crippen LogP contribution in [-0.2, 0) is 11.2 Å². The molecule has 0 spiro atoms. The summed E-state index contributed by atoms with van der Waals surface area (Å²) in [5.41, 5.74) is 3.35. The smallest absolute Gasteiger partial charge is 0.323 e. The van der Waals surface area contributed by atoms with Crippen LogP contribution in [0.4, 0.5) is 0 Å². The number of hydrogen-bond donors (Lipinski definition) is 1. The summed E-state index contributed by atoms with van der Waals surface area (Å²) in [6.07, 6.45) is 1.47. The quantitative estimate of drug-likeness (QED) is 0.570. The van der Waals surface area contributed by atoms with E-state index in [9.17, 15) is 14.7 Å². The molecule has 0 aliphatic carbocycles. The number of carboxylic acid groups (broad SMARTS) is 1. The van der Waals surface area contributed by atoms with E-state index in [-0.39, 0.29) is 12.5 Å².